The first-order valence-corrected chi connectivity index (χ1v) is 8.10. The van der Waals surface area contributed by atoms with Crippen molar-refractivity contribution in [2.45, 2.75) is 70.9 Å². The Morgan fingerprint density at radius 2 is 2.15 bits per heavy atom. The molecule has 4 heteroatoms. The normalized spacial score (nSPS) is 25.6. The van der Waals surface area contributed by atoms with Crippen LogP contribution in [-0.4, -0.2) is 47.2 Å². The van der Waals surface area contributed by atoms with Crippen LogP contribution in [0.3, 0.4) is 0 Å². The molecule has 0 aromatic carbocycles. The number of carboxylic acid groups (broad SMARTS) is 1. The van der Waals surface area contributed by atoms with Crippen LogP contribution in [0.2, 0.25) is 0 Å². The average Bonchev–Trinajstić information content (AvgIpc) is 3.11. The summed E-state index contributed by atoms with van der Waals surface area (Å²) < 4.78 is 0. The molecule has 2 fully saturated rings. The van der Waals surface area contributed by atoms with Crippen molar-refractivity contribution in [3.63, 3.8) is 0 Å². The van der Waals surface area contributed by atoms with E-state index in [4.69, 9.17) is 0 Å². The van der Waals surface area contributed by atoms with Crippen LogP contribution < -0.4 is 5.32 Å². The van der Waals surface area contributed by atoms with Gasteiger partial charge in [0.25, 0.3) is 0 Å². The molecule has 0 spiro atoms. The van der Waals surface area contributed by atoms with Crippen LogP contribution in [0.25, 0.3) is 0 Å². The maximum absolute atomic E-state index is 11.7. The van der Waals surface area contributed by atoms with Gasteiger partial charge in [0, 0.05) is 12.6 Å². The molecule has 0 aromatic rings. The van der Waals surface area contributed by atoms with Crippen LogP contribution in [0.1, 0.15) is 59.3 Å². The van der Waals surface area contributed by atoms with Crippen molar-refractivity contribution in [1.82, 2.24) is 10.2 Å². The zero-order valence-electron chi connectivity index (χ0n) is 13.2. The largest absolute Gasteiger partial charge is 0.480 e. The van der Waals surface area contributed by atoms with Crippen molar-refractivity contribution in [2.75, 3.05) is 19.6 Å². The van der Waals surface area contributed by atoms with Gasteiger partial charge in [0.1, 0.15) is 5.54 Å². The van der Waals surface area contributed by atoms with Crippen molar-refractivity contribution in [3.8, 4) is 0 Å². The Morgan fingerprint density at radius 1 is 1.45 bits per heavy atom. The Hall–Kier alpha value is -0.610. The summed E-state index contributed by atoms with van der Waals surface area (Å²) in [7, 11) is 0. The summed E-state index contributed by atoms with van der Waals surface area (Å²) in [5.41, 5.74) is -0.267. The minimum absolute atomic E-state index is 0.431. The summed E-state index contributed by atoms with van der Waals surface area (Å²) in [6.45, 7) is 9.96. The second kappa shape index (κ2) is 6.02. The molecule has 0 radical (unpaired) electrons. The molecule has 2 aliphatic rings. The third-order valence-electron chi connectivity index (χ3n) is 4.91. The standard InChI is InChI=1S/C16H30N2O2/c1-4-16(14(19)20,17-13-6-7-13)8-5-10-18-11-9-15(2,3)12-18/h13,17H,4-12H2,1-3H3,(H,19,20). The Balaban J connectivity index is 1.81. The van der Waals surface area contributed by atoms with Gasteiger partial charge in [-0.25, -0.2) is 0 Å². The second-order valence-electron chi connectivity index (χ2n) is 7.45. The topological polar surface area (TPSA) is 52.6 Å². The number of rotatable bonds is 8. The molecule has 1 atom stereocenters. The second-order valence-corrected chi connectivity index (χ2v) is 7.45. The summed E-state index contributed by atoms with van der Waals surface area (Å²) in [6.07, 6.45) is 5.91. The van der Waals surface area contributed by atoms with Gasteiger partial charge in [-0.2, -0.15) is 0 Å². The molecule has 0 amide bonds. The zero-order chi connectivity index (χ0) is 14.8. The van der Waals surface area contributed by atoms with Gasteiger partial charge in [0.05, 0.1) is 0 Å². The van der Waals surface area contributed by atoms with E-state index in [1.54, 1.807) is 0 Å². The monoisotopic (exact) mass is 282 g/mol. The molecule has 1 unspecified atom stereocenters. The summed E-state index contributed by atoms with van der Waals surface area (Å²) in [4.78, 5) is 14.2. The fourth-order valence-corrected chi connectivity index (χ4v) is 3.31. The summed E-state index contributed by atoms with van der Waals surface area (Å²) >= 11 is 0. The minimum Gasteiger partial charge on any atom is -0.480 e. The van der Waals surface area contributed by atoms with Gasteiger partial charge in [-0.1, -0.05) is 20.8 Å². The van der Waals surface area contributed by atoms with E-state index in [9.17, 15) is 9.90 Å². The number of carbonyl (C=O) groups is 1. The lowest BCUT2D eigenvalue weighted by atomic mass is 9.90. The maximum Gasteiger partial charge on any atom is 0.323 e. The highest BCUT2D eigenvalue weighted by molar-refractivity contribution is 5.78. The molecule has 116 valence electrons. The summed E-state index contributed by atoms with van der Waals surface area (Å²) in [6, 6.07) is 0.441. The highest BCUT2D eigenvalue weighted by Gasteiger charge is 2.41. The lowest BCUT2D eigenvalue weighted by molar-refractivity contribution is -0.145. The molecule has 1 aliphatic heterocycles. The molecule has 1 aliphatic carbocycles. The lowest BCUT2D eigenvalue weighted by Gasteiger charge is -2.30. The summed E-state index contributed by atoms with van der Waals surface area (Å²) in [5.74, 6) is -0.673. The van der Waals surface area contributed by atoms with Crippen LogP contribution in [0, 0.1) is 5.41 Å². The predicted molar refractivity (Wildman–Crippen MR) is 80.9 cm³/mol. The van der Waals surface area contributed by atoms with Gasteiger partial charge in [0.2, 0.25) is 0 Å². The molecule has 1 saturated heterocycles. The molecule has 1 heterocycles. The van der Waals surface area contributed by atoms with Crippen LogP contribution in [0.5, 0.6) is 0 Å². The van der Waals surface area contributed by atoms with E-state index in [2.05, 4.69) is 24.1 Å². The van der Waals surface area contributed by atoms with Crippen LogP contribution in [0.4, 0.5) is 0 Å². The van der Waals surface area contributed by atoms with E-state index in [1.165, 1.54) is 6.42 Å². The number of aliphatic carboxylic acids is 1. The SMILES string of the molecule is CCC(CCCN1CCC(C)(C)C1)(NC1CC1)C(=O)O. The van der Waals surface area contributed by atoms with Crippen molar-refractivity contribution >= 4 is 5.97 Å². The first-order chi connectivity index (χ1) is 9.37. The number of likely N-dealkylation sites (tertiary alicyclic amines) is 1. The number of hydrogen-bond donors (Lipinski definition) is 2. The zero-order valence-corrected chi connectivity index (χ0v) is 13.2. The molecule has 1 saturated carbocycles. The summed E-state index contributed by atoms with van der Waals surface area (Å²) in [5, 5.41) is 13.0. The van der Waals surface area contributed by atoms with Crippen LogP contribution >= 0.6 is 0 Å². The van der Waals surface area contributed by atoms with Gasteiger partial charge < -0.3 is 10.0 Å². The highest BCUT2D eigenvalue weighted by atomic mass is 16.4. The fourth-order valence-electron chi connectivity index (χ4n) is 3.31. The van der Waals surface area contributed by atoms with Crippen molar-refractivity contribution in [1.29, 1.82) is 0 Å². The minimum atomic E-state index is -0.698. The van der Waals surface area contributed by atoms with E-state index in [0.29, 0.717) is 17.9 Å². The predicted octanol–water partition coefficient (Wildman–Crippen LogP) is 2.48. The molecule has 20 heavy (non-hydrogen) atoms. The molecular formula is C16H30N2O2. The average molecular weight is 282 g/mol. The number of nitrogens with zero attached hydrogens (tertiary/aromatic N) is 1. The van der Waals surface area contributed by atoms with Gasteiger partial charge in [0.15, 0.2) is 0 Å². The third kappa shape index (κ3) is 3.95. The number of hydrogen-bond acceptors (Lipinski definition) is 3. The third-order valence-corrected chi connectivity index (χ3v) is 4.91. The highest BCUT2D eigenvalue weighted by Crippen LogP contribution is 2.30. The van der Waals surface area contributed by atoms with E-state index in [1.807, 2.05) is 6.92 Å². The fraction of sp³-hybridized carbons (Fsp3) is 0.938. The van der Waals surface area contributed by atoms with E-state index < -0.39 is 11.5 Å². The van der Waals surface area contributed by atoms with E-state index in [-0.39, 0.29) is 0 Å². The van der Waals surface area contributed by atoms with Crippen LogP contribution in [-0.2, 0) is 4.79 Å². The Kier molecular flexibility index (Phi) is 4.75. The maximum atomic E-state index is 11.7. The van der Waals surface area contributed by atoms with Gasteiger partial charge >= 0.3 is 5.97 Å². The first-order valence-electron chi connectivity index (χ1n) is 8.10. The molecule has 0 bridgehead atoms. The smallest absolute Gasteiger partial charge is 0.323 e. The Bertz CT molecular complexity index is 352. The van der Waals surface area contributed by atoms with Crippen molar-refractivity contribution in [3.05, 3.63) is 0 Å². The van der Waals surface area contributed by atoms with Gasteiger partial charge in [-0.05, 0) is 57.0 Å². The number of carboxylic acids is 1. The lowest BCUT2D eigenvalue weighted by Crippen LogP contribution is -2.53. The Labute approximate surface area is 122 Å². The van der Waals surface area contributed by atoms with E-state index >= 15 is 0 Å². The van der Waals surface area contributed by atoms with Crippen molar-refractivity contribution in [2.24, 2.45) is 5.41 Å². The molecule has 2 N–H and O–H groups in total. The van der Waals surface area contributed by atoms with Gasteiger partial charge in [-0.15, -0.1) is 0 Å². The van der Waals surface area contributed by atoms with Gasteiger partial charge in [-0.3, -0.25) is 10.1 Å². The Morgan fingerprint density at radius 3 is 2.60 bits per heavy atom. The molecular weight excluding hydrogens is 252 g/mol. The molecule has 4 nitrogen and oxygen atoms in total. The first kappa shape index (κ1) is 15.8. The van der Waals surface area contributed by atoms with Crippen LogP contribution in [0.15, 0.2) is 0 Å². The van der Waals surface area contributed by atoms with E-state index in [0.717, 1.165) is 45.3 Å². The molecule has 0 aromatic heterocycles. The van der Waals surface area contributed by atoms with Crippen molar-refractivity contribution < 1.29 is 9.90 Å². The quantitative estimate of drug-likeness (QED) is 0.718. The number of nitrogens with one attached hydrogen (secondary N) is 1. The molecule has 2 rings (SSSR count).